The van der Waals surface area contributed by atoms with Gasteiger partial charge in [-0.15, -0.1) is 11.3 Å². The van der Waals surface area contributed by atoms with Gasteiger partial charge in [-0.25, -0.2) is 4.98 Å². The summed E-state index contributed by atoms with van der Waals surface area (Å²) in [5.41, 5.74) is 10.3. The summed E-state index contributed by atoms with van der Waals surface area (Å²) in [6.45, 7) is 1.32. The van der Waals surface area contributed by atoms with Crippen LogP contribution < -0.4 is 10.5 Å². The molecule has 6 heteroatoms. The number of pyridine rings is 1. The van der Waals surface area contributed by atoms with Gasteiger partial charge in [-0.1, -0.05) is 24.3 Å². The second-order valence-electron chi connectivity index (χ2n) is 6.99. The molecule has 1 aliphatic heterocycles. The topological polar surface area (TPSA) is 68.5 Å². The minimum Gasteiger partial charge on any atom is -0.497 e. The van der Waals surface area contributed by atoms with E-state index in [9.17, 15) is 4.79 Å². The van der Waals surface area contributed by atoms with Crippen LogP contribution in [0.25, 0.3) is 21.1 Å². The number of methoxy groups -OCH3 is 1. The minimum atomic E-state index is -0.0170. The maximum Gasteiger partial charge on any atom is 0.266 e. The number of anilines is 1. The van der Waals surface area contributed by atoms with E-state index >= 15 is 0 Å². The molecule has 0 aliphatic carbocycles. The number of fused-ring (bicyclic) bond motifs is 3. The van der Waals surface area contributed by atoms with Gasteiger partial charge in [0.2, 0.25) is 0 Å². The molecule has 2 aromatic carbocycles. The summed E-state index contributed by atoms with van der Waals surface area (Å²) in [5.74, 6) is 0.752. The fraction of sp³-hybridized carbons (Fsp3) is 0.182. The molecule has 0 radical (unpaired) electrons. The van der Waals surface area contributed by atoms with Crippen molar-refractivity contribution < 1.29 is 9.53 Å². The molecule has 140 valence electrons. The number of hydrogen-bond donors (Lipinski definition) is 1. The van der Waals surface area contributed by atoms with E-state index in [0.29, 0.717) is 23.7 Å². The molecule has 4 aromatic rings. The highest BCUT2D eigenvalue weighted by Crippen LogP contribution is 2.36. The van der Waals surface area contributed by atoms with Gasteiger partial charge in [0.25, 0.3) is 5.91 Å². The standard InChI is InChI=1S/C22H19N3O2S/c1-27-16-6-7-18-15(10-16)11-17-19(23)20(28-21(17)24-18)22(26)25-9-8-13-4-2-3-5-14(13)12-25/h2-7,10-11H,8-9,12,23H2,1H3. The molecule has 2 aromatic heterocycles. The second kappa shape index (κ2) is 6.49. The zero-order valence-corrected chi connectivity index (χ0v) is 16.3. The molecule has 1 aliphatic rings. The molecule has 5 rings (SSSR count). The van der Waals surface area contributed by atoms with Crippen molar-refractivity contribution in [3.63, 3.8) is 0 Å². The molecule has 1 amide bonds. The summed E-state index contributed by atoms with van der Waals surface area (Å²) in [5, 5.41) is 1.77. The first-order valence-corrected chi connectivity index (χ1v) is 9.98. The van der Waals surface area contributed by atoms with Crippen LogP contribution in [0.1, 0.15) is 20.8 Å². The number of benzene rings is 2. The maximum absolute atomic E-state index is 13.2. The summed E-state index contributed by atoms with van der Waals surface area (Å²) in [7, 11) is 1.64. The number of amides is 1. The molecule has 0 unspecified atom stereocenters. The molecule has 0 saturated heterocycles. The van der Waals surface area contributed by atoms with Crippen LogP contribution in [-0.2, 0) is 13.0 Å². The predicted molar refractivity (Wildman–Crippen MR) is 113 cm³/mol. The van der Waals surface area contributed by atoms with E-state index in [1.165, 1.54) is 22.5 Å². The van der Waals surface area contributed by atoms with Crippen molar-refractivity contribution in [2.45, 2.75) is 13.0 Å². The number of rotatable bonds is 2. The van der Waals surface area contributed by atoms with Gasteiger partial charge in [-0.05, 0) is 41.8 Å². The zero-order chi connectivity index (χ0) is 19.3. The van der Waals surface area contributed by atoms with Crippen molar-refractivity contribution >= 4 is 44.1 Å². The number of thiophene rings is 1. The lowest BCUT2D eigenvalue weighted by molar-refractivity contribution is 0.0740. The van der Waals surface area contributed by atoms with Gasteiger partial charge in [0.15, 0.2) is 0 Å². The fourth-order valence-corrected chi connectivity index (χ4v) is 4.83. The van der Waals surface area contributed by atoms with Crippen molar-refractivity contribution in [1.82, 2.24) is 9.88 Å². The molecule has 0 spiro atoms. The molecule has 0 bridgehead atoms. The zero-order valence-electron chi connectivity index (χ0n) is 15.4. The van der Waals surface area contributed by atoms with Crippen LogP contribution in [-0.4, -0.2) is 29.4 Å². The van der Waals surface area contributed by atoms with E-state index in [2.05, 4.69) is 12.1 Å². The van der Waals surface area contributed by atoms with Gasteiger partial charge in [-0.2, -0.15) is 0 Å². The summed E-state index contributed by atoms with van der Waals surface area (Å²) in [4.78, 5) is 21.2. The highest BCUT2D eigenvalue weighted by Gasteiger charge is 2.26. The highest BCUT2D eigenvalue weighted by molar-refractivity contribution is 7.21. The number of nitrogens with two attached hydrogens (primary N) is 1. The lowest BCUT2D eigenvalue weighted by atomic mass is 10.00. The molecule has 0 saturated carbocycles. The average molecular weight is 389 g/mol. The van der Waals surface area contributed by atoms with Crippen LogP contribution in [0.15, 0.2) is 48.5 Å². The molecule has 3 heterocycles. The highest BCUT2D eigenvalue weighted by atomic mass is 32.1. The third kappa shape index (κ3) is 2.68. The largest absolute Gasteiger partial charge is 0.497 e. The molecule has 0 fully saturated rings. The normalized spacial score (nSPS) is 13.7. The smallest absolute Gasteiger partial charge is 0.266 e. The number of nitrogen functional groups attached to an aromatic ring is 1. The Hall–Kier alpha value is -3.12. The van der Waals surface area contributed by atoms with Crippen LogP contribution >= 0.6 is 11.3 Å². The van der Waals surface area contributed by atoms with E-state index in [0.717, 1.165) is 33.3 Å². The number of nitrogens with zero attached hydrogens (tertiary/aromatic N) is 2. The summed E-state index contributed by atoms with van der Waals surface area (Å²) >= 11 is 1.37. The van der Waals surface area contributed by atoms with Crippen molar-refractivity contribution in [1.29, 1.82) is 0 Å². The van der Waals surface area contributed by atoms with E-state index in [4.69, 9.17) is 15.5 Å². The van der Waals surface area contributed by atoms with Crippen LogP contribution in [0.3, 0.4) is 0 Å². The summed E-state index contributed by atoms with van der Waals surface area (Å²) in [6, 6.07) is 16.0. The average Bonchev–Trinajstić information content (AvgIpc) is 3.06. The summed E-state index contributed by atoms with van der Waals surface area (Å²) < 4.78 is 5.30. The van der Waals surface area contributed by atoms with Gasteiger partial charge in [0, 0.05) is 23.9 Å². The number of ether oxygens (including phenoxy) is 1. The monoisotopic (exact) mass is 389 g/mol. The molecular formula is C22H19N3O2S. The Kier molecular flexibility index (Phi) is 3.94. The van der Waals surface area contributed by atoms with Gasteiger partial charge in [0.1, 0.15) is 15.5 Å². The third-order valence-corrected chi connectivity index (χ3v) is 6.44. The lowest BCUT2D eigenvalue weighted by Gasteiger charge is -2.28. The van der Waals surface area contributed by atoms with E-state index in [1.54, 1.807) is 7.11 Å². The third-order valence-electron chi connectivity index (χ3n) is 5.33. The second-order valence-corrected chi connectivity index (χ2v) is 7.99. The molecule has 0 atom stereocenters. The molecule has 2 N–H and O–H groups in total. The number of aromatic nitrogens is 1. The first-order valence-electron chi connectivity index (χ1n) is 9.17. The van der Waals surface area contributed by atoms with Gasteiger partial charge >= 0.3 is 0 Å². The minimum absolute atomic E-state index is 0.0170. The Bertz CT molecular complexity index is 1230. The predicted octanol–water partition coefficient (Wildman–Crippen LogP) is 4.24. The van der Waals surface area contributed by atoms with Crippen molar-refractivity contribution in [2.75, 3.05) is 19.4 Å². The first kappa shape index (κ1) is 17.0. The van der Waals surface area contributed by atoms with Crippen LogP contribution in [0.2, 0.25) is 0 Å². The van der Waals surface area contributed by atoms with Gasteiger partial charge < -0.3 is 15.4 Å². The number of carbonyl (C=O) groups is 1. The van der Waals surface area contributed by atoms with Crippen LogP contribution in [0, 0.1) is 0 Å². The number of carbonyl (C=O) groups excluding carboxylic acids is 1. The van der Waals surface area contributed by atoms with E-state index in [1.807, 2.05) is 41.3 Å². The van der Waals surface area contributed by atoms with Crippen molar-refractivity contribution in [3.8, 4) is 5.75 Å². The van der Waals surface area contributed by atoms with E-state index in [-0.39, 0.29) is 5.91 Å². The first-order chi connectivity index (χ1) is 13.6. The summed E-state index contributed by atoms with van der Waals surface area (Å²) in [6.07, 6.45) is 0.870. The van der Waals surface area contributed by atoms with Crippen molar-refractivity contribution in [3.05, 3.63) is 64.5 Å². The quantitative estimate of drug-likeness (QED) is 0.557. The number of hydrogen-bond acceptors (Lipinski definition) is 5. The fourth-order valence-electron chi connectivity index (χ4n) is 3.78. The molecule has 28 heavy (non-hydrogen) atoms. The Labute approximate surface area is 166 Å². The molecule has 5 nitrogen and oxygen atoms in total. The Balaban J connectivity index is 1.54. The van der Waals surface area contributed by atoms with Gasteiger partial charge in [0.05, 0.1) is 18.3 Å². The van der Waals surface area contributed by atoms with Crippen molar-refractivity contribution in [2.24, 2.45) is 0 Å². The maximum atomic E-state index is 13.2. The van der Waals surface area contributed by atoms with Crippen LogP contribution in [0.5, 0.6) is 5.75 Å². The lowest BCUT2D eigenvalue weighted by Crippen LogP contribution is -2.35. The Morgan fingerprint density at radius 3 is 2.82 bits per heavy atom. The SMILES string of the molecule is COc1ccc2nc3sc(C(=O)N4CCc5ccccc5C4)c(N)c3cc2c1. The Morgan fingerprint density at radius 1 is 1.18 bits per heavy atom. The van der Waals surface area contributed by atoms with Crippen LogP contribution in [0.4, 0.5) is 5.69 Å². The van der Waals surface area contributed by atoms with Gasteiger partial charge in [-0.3, -0.25) is 4.79 Å². The Morgan fingerprint density at radius 2 is 2.00 bits per heavy atom. The molecular weight excluding hydrogens is 370 g/mol. The van der Waals surface area contributed by atoms with E-state index < -0.39 is 0 Å².